The summed E-state index contributed by atoms with van der Waals surface area (Å²) in [5.74, 6) is -1.57. The number of ether oxygens (including phenoxy) is 2. The molecule has 0 aromatic heterocycles. The van der Waals surface area contributed by atoms with Gasteiger partial charge in [0, 0.05) is 31.7 Å². The van der Waals surface area contributed by atoms with Gasteiger partial charge in [0.1, 0.15) is 17.3 Å². The zero-order valence-electron chi connectivity index (χ0n) is 19.2. The fourth-order valence-electron chi connectivity index (χ4n) is 4.45. The second-order valence-electron chi connectivity index (χ2n) is 8.31. The largest absolute Gasteiger partial charge is 0.507 e. The smallest absolute Gasteiger partial charge is 0.295 e. The van der Waals surface area contributed by atoms with Crippen LogP contribution in [0.25, 0.3) is 5.76 Å². The Bertz CT molecular complexity index is 1060. The lowest BCUT2D eigenvalue weighted by molar-refractivity contribution is -0.140. The van der Waals surface area contributed by atoms with Gasteiger partial charge in [-0.15, -0.1) is 0 Å². The molecule has 4 rings (SSSR count). The Morgan fingerprint density at radius 3 is 2.56 bits per heavy atom. The standard InChI is InChI=1S/C26H29FN2O5/c1-2-34-21-6-3-5-19(17-21)23-22(24(30)18-7-9-20(27)10-8-18)25(31)26(32)29(23)12-4-11-28-13-15-33-16-14-28/h3,5-10,17,23,30H,2,4,11-16H2,1H3. The number of carbonyl (C=O) groups is 2. The van der Waals surface area contributed by atoms with Crippen molar-refractivity contribution >= 4 is 17.4 Å². The number of hydrogen-bond donors (Lipinski definition) is 1. The number of Topliss-reactive ketones (excluding diaryl/α,β-unsaturated/α-hetero) is 1. The van der Waals surface area contributed by atoms with Gasteiger partial charge in [-0.1, -0.05) is 12.1 Å². The van der Waals surface area contributed by atoms with Gasteiger partial charge in [-0.3, -0.25) is 14.5 Å². The molecule has 2 aliphatic rings. The van der Waals surface area contributed by atoms with Gasteiger partial charge in [-0.25, -0.2) is 4.39 Å². The van der Waals surface area contributed by atoms with E-state index in [1.54, 1.807) is 18.2 Å². The molecule has 1 atom stereocenters. The lowest BCUT2D eigenvalue weighted by Crippen LogP contribution is -2.38. The molecule has 0 spiro atoms. The first kappa shape index (κ1) is 23.9. The van der Waals surface area contributed by atoms with Gasteiger partial charge >= 0.3 is 0 Å². The van der Waals surface area contributed by atoms with E-state index in [2.05, 4.69) is 4.90 Å². The van der Waals surface area contributed by atoms with Gasteiger partial charge in [0.15, 0.2) is 0 Å². The summed E-state index contributed by atoms with van der Waals surface area (Å²) in [5.41, 5.74) is 0.940. The second kappa shape index (κ2) is 10.8. The van der Waals surface area contributed by atoms with Crippen molar-refractivity contribution in [2.24, 2.45) is 0 Å². The Kier molecular flexibility index (Phi) is 7.59. The Labute approximate surface area is 198 Å². The summed E-state index contributed by atoms with van der Waals surface area (Å²) in [6.45, 7) is 6.52. The molecule has 1 unspecified atom stereocenters. The SMILES string of the molecule is CCOc1cccc(C2C(=C(O)c3ccc(F)cc3)C(=O)C(=O)N2CCCN2CCOCC2)c1. The maximum Gasteiger partial charge on any atom is 0.295 e. The van der Waals surface area contributed by atoms with Gasteiger partial charge in [-0.05, 0) is 55.3 Å². The maximum absolute atomic E-state index is 13.4. The van der Waals surface area contributed by atoms with E-state index < -0.39 is 23.5 Å². The Morgan fingerprint density at radius 1 is 1.12 bits per heavy atom. The topological polar surface area (TPSA) is 79.3 Å². The highest BCUT2D eigenvalue weighted by Crippen LogP contribution is 2.40. The molecule has 2 aromatic carbocycles. The Hall–Kier alpha value is -3.23. The summed E-state index contributed by atoms with van der Waals surface area (Å²) >= 11 is 0. The molecular formula is C26H29FN2O5. The molecule has 180 valence electrons. The van der Waals surface area contributed by atoms with Crippen LogP contribution in [-0.2, 0) is 14.3 Å². The first-order valence-corrected chi connectivity index (χ1v) is 11.6. The van der Waals surface area contributed by atoms with Crippen LogP contribution in [0.4, 0.5) is 4.39 Å². The molecule has 1 amide bonds. The van der Waals surface area contributed by atoms with Crippen molar-refractivity contribution < 1.29 is 28.6 Å². The molecule has 2 fully saturated rings. The number of rotatable bonds is 8. The fourth-order valence-corrected chi connectivity index (χ4v) is 4.45. The molecule has 0 bridgehead atoms. The Balaban J connectivity index is 1.68. The highest BCUT2D eigenvalue weighted by atomic mass is 19.1. The highest BCUT2D eigenvalue weighted by molar-refractivity contribution is 6.46. The minimum absolute atomic E-state index is 0.00312. The minimum Gasteiger partial charge on any atom is -0.507 e. The average molecular weight is 469 g/mol. The number of benzene rings is 2. The van der Waals surface area contributed by atoms with Crippen LogP contribution in [-0.4, -0.2) is 72.6 Å². The summed E-state index contributed by atoms with van der Waals surface area (Å²) in [7, 11) is 0. The number of aliphatic hydroxyl groups excluding tert-OH is 1. The highest BCUT2D eigenvalue weighted by Gasteiger charge is 2.46. The van der Waals surface area contributed by atoms with Gasteiger partial charge in [0.05, 0.1) is 31.4 Å². The summed E-state index contributed by atoms with van der Waals surface area (Å²) in [6.07, 6.45) is 0.672. The molecule has 0 aliphatic carbocycles. The number of nitrogens with zero attached hydrogens (tertiary/aromatic N) is 2. The number of morpholine rings is 1. The van der Waals surface area contributed by atoms with E-state index in [1.165, 1.54) is 29.2 Å². The number of ketones is 1. The average Bonchev–Trinajstić information content (AvgIpc) is 3.10. The molecule has 2 aromatic rings. The minimum atomic E-state index is -0.768. The summed E-state index contributed by atoms with van der Waals surface area (Å²) in [4.78, 5) is 30.0. The van der Waals surface area contributed by atoms with Crippen molar-refractivity contribution in [3.8, 4) is 5.75 Å². The molecule has 8 heteroatoms. The molecule has 0 radical (unpaired) electrons. The third kappa shape index (κ3) is 5.13. The third-order valence-electron chi connectivity index (χ3n) is 6.12. The zero-order chi connectivity index (χ0) is 24.1. The van der Waals surface area contributed by atoms with E-state index in [0.717, 1.165) is 19.6 Å². The van der Waals surface area contributed by atoms with Crippen LogP contribution in [0.3, 0.4) is 0 Å². The number of aliphatic hydroxyl groups is 1. The normalized spacial score (nSPS) is 20.6. The maximum atomic E-state index is 13.4. The van der Waals surface area contributed by atoms with Gasteiger partial charge in [-0.2, -0.15) is 0 Å². The number of amides is 1. The summed E-state index contributed by atoms with van der Waals surface area (Å²) in [5, 5.41) is 11.1. The van der Waals surface area contributed by atoms with Crippen LogP contribution in [0.15, 0.2) is 54.1 Å². The van der Waals surface area contributed by atoms with Crippen LogP contribution in [0, 0.1) is 5.82 Å². The molecule has 2 aliphatic heterocycles. The second-order valence-corrected chi connectivity index (χ2v) is 8.31. The predicted octanol–water partition coefficient (Wildman–Crippen LogP) is 3.37. The molecule has 1 N–H and O–H groups in total. The van der Waals surface area contributed by atoms with E-state index >= 15 is 0 Å². The van der Waals surface area contributed by atoms with E-state index in [1.807, 2.05) is 13.0 Å². The molecule has 7 nitrogen and oxygen atoms in total. The van der Waals surface area contributed by atoms with Crippen LogP contribution >= 0.6 is 0 Å². The van der Waals surface area contributed by atoms with Crippen molar-refractivity contribution in [3.05, 3.63) is 71.0 Å². The number of likely N-dealkylation sites (tertiary alicyclic amines) is 1. The zero-order valence-corrected chi connectivity index (χ0v) is 19.2. The molecule has 2 saturated heterocycles. The molecular weight excluding hydrogens is 439 g/mol. The van der Waals surface area contributed by atoms with Crippen molar-refractivity contribution in [2.75, 3.05) is 46.0 Å². The van der Waals surface area contributed by atoms with Crippen molar-refractivity contribution in [3.63, 3.8) is 0 Å². The molecule has 2 heterocycles. The van der Waals surface area contributed by atoms with Gasteiger partial charge in [0.2, 0.25) is 0 Å². The first-order valence-electron chi connectivity index (χ1n) is 11.6. The summed E-state index contributed by atoms with van der Waals surface area (Å²) < 4.78 is 24.4. The van der Waals surface area contributed by atoms with Crippen LogP contribution in [0.2, 0.25) is 0 Å². The van der Waals surface area contributed by atoms with E-state index in [4.69, 9.17) is 9.47 Å². The van der Waals surface area contributed by atoms with Gasteiger partial charge in [0.25, 0.3) is 11.7 Å². The van der Waals surface area contributed by atoms with E-state index in [9.17, 15) is 19.1 Å². The van der Waals surface area contributed by atoms with E-state index in [0.29, 0.717) is 44.1 Å². The van der Waals surface area contributed by atoms with E-state index in [-0.39, 0.29) is 16.9 Å². The van der Waals surface area contributed by atoms with Crippen LogP contribution < -0.4 is 4.74 Å². The van der Waals surface area contributed by atoms with Gasteiger partial charge < -0.3 is 19.5 Å². The molecule has 0 saturated carbocycles. The van der Waals surface area contributed by atoms with Crippen LogP contribution in [0.1, 0.15) is 30.5 Å². The lowest BCUT2D eigenvalue weighted by Gasteiger charge is -2.29. The van der Waals surface area contributed by atoms with Crippen LogP contribution in [0.5, 0.6) is 5.75 Å². The number of hydrogen-bond acceptors (Lipinski definition) is 6. The van der Waals surface area contributed by atoms with Crippen molar-refractivity contribution in [1.82, 2.24) is 9.80 Å². The molecule has 34 heavy (non-hydrogen) atoms. The summed E-state index contributed by atoms with van der Waals surface area (Å²) in [6, 6.07) is 11.6. The number of halogens is 1. The fraction of sp³-hybridized carbons (Fsp3) is 0.385. The third-order valence-corrected chi connectivity index (χ3v) is 6.12. The lowest BCUT2D eigenvalue weighted by atomic mass is 9.95. The quantitative estimate of drug-likeness (QED) is 0.364. The predicted molar refractivity (Wildman–Crippen MR) is 125 cm³/mol. The first-order chi connectivity index (χ1) is 16.5. The number of carbonyl (C=O) groups excluding carboxylic acids is 2. The van der Waals surface area contributed by atoms with Crippen molar-refractivity contribution in [2.45, 2.75) is 19.4 Å². The monoisotopic (exact) mass is 468 g/mol. The Morgan fingerprint density at radius 2 is 1.85 bits per heavy atom. The van der Waals surface area contributed by atoms with Crippen molar-refractivity contribution in [1.29, 1.82) is 0 Å².